The van der Waals surface area contributed by atoms with E-state index in [0.29, 0.717) is 11.9 Å². The van der Waals surface area contributed by atoms with Crippen LogP contribution in [0.15, 0.2) is 29.3 Å². The molecule has 2 aliphatic rings. The molecule has 5 heteroatoms. The van der Waals surface area contributed by atoms with Gasteiger partial charge >= 0.3 is 0 Å². The van der Waals surface area contributed by atoms with Crippen molar-refractivity contribution in [2.24, 2.45) is 16.6 Å². The van der Waals surface area contributed by atoms with Gasteiger partial charge in [-0.1, -0.05) is 18.5 Å². The van der Waals surface area contributed by atoms with Gasteiger partial charge in [0.05, 0.1) is 12.1 Å². The van der Waals surface area contributed by atoms with Gasteiger partial charge in [-0.2, -0.15) is 0 Å². The largest absolute Gasteiger partial charge is 0.369 e. The summed E-state index contributed by atoms with van der Waals surface area (Å²) in [6.45, 7) is 5.07. The molecule has 0 aromatic heterocycles. The molecule has 3 rings (SSSR count). The van der Waals surface area contributed by atoms with Crippen LogP contribution in [0.3, 0.4) is 0 Å². The molecule has 2 aliphatic heterocycles. The molecule has 102 valence electrons. The lowest BCUT2D eigenvalue weighted by Gasteiger charge is -2.46. The number of aliphatic imine (C=N–C) groups is 1. The fraction of sp³-hybridized carbons (Fsp3) is 0.500. The van der Waals surface area contributed by atoms with Gasteiger partial charge in [0.2, 0.25) is 0 Å². The van der Waals surface area contributed by atoms with E-state index >= 15 is 0 Å². The van der Waals surface area contributed by atoms with E-state index in [4.69, 9.17) is 17.3 Å². The summed E-state index contributed by atoms with van der Waals surface area (Å²) in [5.41, 5.74) is 7.24. The standard InChI is InChI=1S/C14H19ClN4/c1-10-8-17-7-6-14(10)9-18-13(16)19(14)12-4-2-11(15)3-5-12/h2-5,10,17H,6-9H2,1H3,(H2,16,18). The number of nitrogens with one attached hydrogen (secondary N) is 1. The normalized spacial score (nSPS) is 30.7. The second-order valence-electron chi connectivity index (χ2n) is 5.45. The quantitative estimate of drug-likeness (QED) is 0.824. The molecule has 1 aromatic carbocycles. The summed E-state index contributed by atoms with van der Waals surface area (Å²) in [7, 11) is 0. The van der Waals surface area contributed by atoms with Crippen LogP contribution in [0.25, 0.3) is 0 Å². The van der Waals surface area contributed by atoms with Crippen molar-refractivity contribution in [2.75, 3.05) is 24.5 Å². The number of rotatable bonds is 1. The Morgan fingerprint density at radius 1 is 1.42 bits per heavy atom. The molecule has 0 radical (unpaired) electrons. The van der Waals surface area contributed by atoms with Gasteiger partial charge in [0, 0.05) is 17.3 Å². The highest BCUT2D eigenvalue weighted by Crippen LogP contribution is 2.38. The molecule has 3 N–H and O–H groups in total. The van der Waals surface area contributed by atoms with Crippen LogP contribution in [0, 0.1) is 5.92 Å². The van der Waals surface area contributed by atoms with Crippen molar-refractivity contribution in [2.45, 2.75) is 18.9 Å². The number of anilines is 1. The van der Waals surface area contributed by atoms with Crippen LogP contribution >= 0.6 is 11.6 Å². The molecule has 4 nitrogen and oxygen atoms in total. The minimum absolute atomic E-state index is 0.0170. The molecule has 0 bridgehead atoms. The number of piperidine rings is 1. The summed E-state index contributed by atoms with van der Waals surface area (Å²) >= 11 is 5.97. The minimum Gasteiger partial charge on any atom is -0.369 e. The van der Waals surface area contributed by atoms with Crippen molar-refractivity contribution in [3.05, 3.63) is 29.3 Å². The molecular weight excluding hydrogens is 260 g/mol. The van der Waals surface area contributed by atoms with Crippen LogP contribution in [0.1, 0.15) is 13.3 Å². The Kier molecular flexibility index (Phi) is 3.15. The SMILES string of the molecule is CC1CNCCC12CN=C(N)N2c1ccc(Cl)cc1. The van der Waals surface area contributed by atoms with E-state index in [0.717, 1.165) is 36.8 Å². The summed E-state index contributed by atoms with van der Waals surface area (Å²) in [6, 6.07) is 7.85. The summed E-state index contributed by atoms with van der Waals surface area (Å²) in [5, 5.41) is 4.18. The van der Waals surface area contributed by atoms with E-state index in [1.165, 1.54) is 0 Å². The van der Waals surface area contributed by atoms with E-state index < -0.39 is 0 Å². The number of nitrogens with zero attached hydrogens (tertiary/aromatic N) is 2. The third kappa shape index (κ3) is 1.99. The third-order valence-electron chi connectivity index (χ3n) is 4.38. The molecule has 0 amide bonds. The topological polar surface area (TPSA) is 53.6 Å². The van der Waals surface area contributed by atoms with Crippen LogP contribution in [0.4, 0.5) is 5.69 Å². The maximum atomic E-state index is 6.14. The van der Waals surface area contributed by atoms with Crippen LogP contribution in [0.5, 0.6) is 0 Å². The van der Waals surface area contributed by atoms with E-state index in [1.807, 2.05) is 24.3 Å². The Labute approximate surface area is 118 Å². The molecule has 19 heavy (non-hydrogen) atoms. The lowest BCUT2D eigenvalue weighted by Crippen LogP contribution is -2.61. The first kappa shape index (κ1) is 12.8. The molecule has 2 unspecified atom stereocenters. The highest BCUT2D eigenvalue weighted by Gasteiger charge is 2.48. The van der Waals surface area contributed by atoms with E-state index in [-0.39, 0.29) is 5.54 Å². The van der Waals surface area contributed by atoms with Gasteiger partial charge < -0.3 is 16.0 Å². The number of nitrogens with two attached hydrogens (primary N) is 1. The molecule has 2 heterocycles. The first-order chi connectivity index (χ1) is 9.13. The van der Waals surface area contributed by atoms with E-state index in [1.54, 1.807) is 0 Å². The van der Waals surface area contributed by atoms with Gasteiger partial charge in [-0.3, -0.25) is 4.99 Å². The number of benzene rings is 1. The molecule has 1 fully saturated rings. The Morgan fingerprint density at radius 3 is 2.84 bits per heavy atom. The lowest BCUT2D eigenvalue weighted by molar-refractivity contribution is 0.240. The van der Waals surface area contributed by atoms with Gasteiger partial charge in [0.25, 0.3) is 0 Å². The number of hydrogen-bond acceptors (Lipinski definition) is 4. The third-order valence-corrected chi connectivity index (χ3v) is 4.63. The van der Waals surface area contributed by atoms with Crippen molar-refractivity contribution in [3.63, 3.8) is 0 Å². The van der Waals surface area contributed by atoms with Gasteiger partial charge in [-0.25, -0.2) is 0 Å². The predicted octanol–water partition coefficient (Wildman–Crippen LogP) is 1.84. The second-order valence-corrected chi connectivity index (χ2v) is 5.88. The van der Waals surface area contributed by atoms with Crippen molar-refractivity contribution in [3.8, 4) is 0 Å². The van der Waals surface area contributed by atoms with Crippen molar-refractivity contribution in [1.82, 2.24) is 5.32 Å². The smallest absolute Gasteiger partial charge is 0.196 e. The zero-order valence-electron chi connectivity index (χ0n) is 11.1. The maximum Gasteiger partial charge on any atom is 0.196 e. The number of guanidine groups is 1. The van der Waals surface area contributed by atoms with E-state index in [2.05, 4.69) is 22.1 Å². The Hall–Kier alpha value is -1.26. The first-order valence-electron chi connectivity index (χ1n) is 6.70. The zero-order chi connectivity index (χ0) is 13.5. The number of halogens is 1. The molecular formula is C14H19ClN4. The van der Waals surface area contributed by atoms with Crippen molar-refractivity contribution < 1.29 is 0 Å². The predicted molar refractivity (Wildman–Crippen MR) is 79.8 cm³/mol. The molecule has 1 saturated heterocycles. The van der Waals surface area contributed by atoms with Crippen LogP contribution in [-0.2, 0) is 0 Å². The average molecular weight is 279 g/mol. The Morgan fingerprint density at radius 2 is 2.16 bits per heavy atom. The van der Waals surface area contributed by atoms with Crippen LogP contribution < -0.4 is 16.0 Å². The highest BCUT2D eigenvalue weighted by molar-refractivity contribution is 6.30. The molecule has 0 aliphatic carbocycles. The van der Waals surface area contributed by atoms with Crippen molar-refractivity contribution in [1.29, 1.82) is 0 Å². The maximum absolute atomic E-state index is 6.14. The molecule has 0 saturated carbocycles. The molecule has 2 atom stereocenters. The number of hydrogen-bond donors (Lipinski definition) is 2. The summed E-state index contributed by atoms with van der Waals surface area (Å²) < 4.78 is 0. The van der Waals surface area contributed by atoms with Gasteiger partial charge in [-0.05, 0) is 43.1 Å². The summed E-state index contributed by atoms with van der Waals surface area (Å²) in [5.74, 6) is 1.12. The Bertz CT molecular complexity index is 499. The van der Waals surface area contributed by atoms with Gasteiger partial charge in [0.15, 0.2) is 5.96 Å². The van der Waals surface area contributed by atoms with Crippen LogP contribution in [0.2, 0.25) is 5.02 Å². The van der Waals surface area contributed by atoms with Gasteiger partial charge in [0.1, 0.15) is 0 Å². The van der Waals surface area contributed by atoms with Crippen LogP contribution in [-0.4, -0.2) is 31.1 Å². The molecule has 1 spiro atoms. The van der Waals surface area contributed by atoms with E-state index in [9.17, 15) is 0 Å². The lowest BCUT2D eigenvalue weighted by atomic mass is 9.78. The fourth-order valence-corrected chi connectivity index (χ4v) is 3.32. The highest BCUT2D eigenvalue weighted by atomic mass is 35.5. The summed E-state index contributed by atoms with van der Waals surface area (Å²) in [6.07, 6.45) is 1.06. The summed E-state index contributed by atoms with van der Waals surface area (Å²) in [4.78, 5) is 6.71. The second kappa shape index (κ2) is 4.69. The fourth-order valence-electron chi connectivity index (χ4n) is 3.19. The molecule has 1 aromatic rings. The monoisotopic (exact) mass is 278 g/mol. The Balaban J connectivity index is 2.00. The zero-order valence-corrected chi connectivity index (χ0v) is 11.8. The average Bonchev–Trinajstić information content (AvgIpc) is 2.73. The van der Waals surface area contributed by atoms with Gasteiger partial charge in [-0.15, -0.1) is 0 Å². The van der Waals surface area contributed by atoms with Crippen molar-refractivity contribution >= 4 is 23.2 Å². The minimum atomic E-state index is 0.0170. The first-order valence-corrected chi connectivity index (χ1v) is 7.08.